The molecule has 106 valence electrons. The maximum absolute atomic E-state index is 11.2. The van der Waals surface area contributed by atoms with Crippen LogP contribution in [0.2, 0.25) is 0 Å². The molecule has 0 spiro atoms. The largest absolute Gasteiger partial charge is 0.478 e. The van der Waals surface area contributed by atoms with Crippen LogP contribution in [0, 0.1) is 25.2 Å². The van der Waals surface area contributed by atoms with Gasteiger partial charge in [0.15, 0.2) is 0 Å². The summed E-state index contributed by atoms with van der Waals surface area (Å²) in [6, 6.07) is 6.50. The van der Waals surface area contributed by atoms with Crippen LogP contribution in [-0.2, 0) is 0 Å². The van der Waals surface area contributed by atoms with Crippen LogP contribution in [0.25, 0.3) is 0 Å². The lowest BCUT2D eigenvalue weighted by Crippen LogP contribution is -2.04. The summed E-state index contributed by atoms with van der Waals surface area (Å²) in [5, 5.41) is 26.1. The van der Waals surface area contributed by atoms with Gasteiger partial charge in [-0.3, -0.25) is 0 Å². The molecule has 0 fully saturated rings. The van der Waals surface area contributed by atoms with Crippen molar-refractivity contribution in [2.45, 2.75) is 13.8 Å². The predicted octanol–water partition coefficient (Wildman–Crippen LogP) is 3.22. The average molecular weight is 348 g/mol. The number of hydrogen-bond donors (Lipinski definition) is 1. The molecular formula is C14H10BrN3O3. The molecule has 0 saturated heterocycles. The van der Waals surface area contributed by atoms with E-state index in [0.29, 0.717) is 15.7 Å². The Labute approximate surface area is 129 Å². The molecule has 0 bridgehead atoms. The molecule has 21 heavy (non-hydrogen) atoms. The molecule has 0 aliphatic rings. The molecule has 1 heterocycles. The van der Waals surface area contributed by atoms with Crippen molar-refractivity contribution in [3.05, 3.63) is 45.1 Å². The number of nitrogens with zero attached hydrogens (tertiary/aromatic N) is 3. The number of halogens is 1. The topological polar surface area (TPSA) is 96.1 Å². The number of carbonyl (C=O) groups is 1. The van der Waals surface area contributed by atoms with E-state index in [1.807, 2.05) is 6.07 Å². The zero-order valence-corrected chi connectivity index (χ0v) is 12.8. The van der Waals surface area contributed by atoms with E-state index in [1.54, 1.807) is 19.9 Å². The standard InChI is InChI=1S/C14H10BrN3O3/c1-7-8(2)17-18-13(11(7)6-16)21-12-5-9(15)3-4-10(12)14(19)20/h3-5H,1-2H3,(H,19,20). The molecule has 1 aromatic heterocycles. The summed E-state index contributed by atoms with van der Waals surface area (Å²) in [6.45, 7) is 3.46. The van der Waals surface area contributed by atoms with Crippen molar-refractivity contribution >= 4 is 21.9 Å². The first kappa shape index (κ1) is 14.9. The van der Waals surface area contributed by atoms with Gasteiger partial charge in [-0.05, 0) is 37.6 Å². The minimum Gasteiger partial charge on any atom is -0.478 e. The second kappa shape index (κ2) is 5.89. The quantitative estimate of drug-likeness (QED) is 0.915. The van der Waals surface area contributed by atoms with Crippen molar-refractivity contribution in [3.8, 4) is 17.7 Å². The Morgan fingerprint density at radius 3 is 2.71 bits per heavy atom. The second-order valence-corrected chi connectivity index (χ2v) is 5.17. The highest BCUT2D eigenvalue weighted by Crippen LogP contribution is 2.30. The van der Waals surface area contributed by atoms with Gasteiger partial charge in [-0.1, -0.05) is 15.9 Å². The van der Waals surface area contributed by atoms with Crippen molar-refractivity contribution in [1.29, 1.82) is 5.26 Å². The van der Waals surface area contributed by atoms with E-state index in [2.05, 4.69) is 26.1 Å². The molecular weight excluding hydrogens is 338 g/mol. The minimum atomic E-state index is -1.13. The number of carboxylic acid groups (broad SMARTS) is 1. The lowest BCUT2D eigenvalue weighted by Gasteiger charge is -2.10. The van der Waals surface area contributed by atoms with Crippen molar-refractivity contribution in [1.82, 2.24) is 10.2 Å². The average Bonchev–Trinajstić information content (AvgIpc) is 2.43. The molecule has 1 aromatic carbocycles. The van der Waals surface area contributed by atoms with E-state index >= 15 is 0 Å². The highest BCUT2D eigenvalue weighted by Gasteiger charge is 2.17. The van der Waals surface area contributed by atoms with E-state index in [4.69, 9.17) is 9.84 Å². The van der Waals surface area contributed by atoms with E-state index in [0.717, 1.165) is 0 Å². The van der Waals surface area contributed by atoms with Gasteiger partial charge in [-0.25, -0.2) is 4.79 Å². The van der Waals surface area contributed by atoms with Gasteiger partial charge in [-0.2, -0.15) is 10.4 Å². The molecule has 0 saturated carbocycles. The SMILES string of the molecule is Cc1nnc(Oc2cc(Br)ccc2C(=O)O)c(C#N)c1C. The summed E-state index contributed by atoms with van der Waals surface area (Å²) >= 11 is 3.25. The Balaban J connectivity index is 2.53. The Hall–Kier alpha value is -2.46. The van der Waals surface area contributed by atoms with Gasteiger partial charge in [0, 0.05) is 4.47 Å². The summed E-state index contributed by atoms with van der Waals surface area (Å²) in [7, 11) is 0. The Morgan fingerprint density at radius 2 is 2.10 bits per heavy atom. The first-order valence-electron chi connectivity index (χ1n) is 5.88. The summed E-state index contributed by atoms with van der Waals surface area (Å²) in [6.07, 6.45) is 0. The molecule has 0 atom stereocenters. The molecule has 2 aromatic rings. The Kier molecular flexibility index (Phi) is 4.19. The third-order valence-corrected chi connectivity index (χ3v) is 3.41. The van der Waals surface area contributed by atoms with Crippen LogP contribution < -0.4 is 4.74 Å². The van der Waals surface area contributed by atoms with Gasteiger partial charge >= 0.3 is 5.97 Å². The van der Waals surface area contributed by atoms with Crippen LogP contribution in [-0.4, -0.2) is 21.3 Å². The summed E-state index contributed by atoms with van der Waals surface area (Å²) in [4.78, 5) is 11.2. The molecule has 7 heteroatoms. The smallest absolute Gasteiger partial charge is 0.339 e. The van der Waals surface area contributed by atoms with E-state index in [1.165, 1.54) is 12.1 Å². The highest BCUT2D eigenvalue weighted by molar-refractivity contribution is 9.10. The molecule has 2 rings (SSSR count). The van der Waals surface area contributed by atoms with Crippen molar-refractivity contribution in [3.63, 3.8) is 0 Å². The van der Waals surface area contributed by atoms with E-state index < -0.39 is 5.97 Å². The van der Waals surface area contributed by atoms with E-state index in [-0.39, 0.29) is 22.8 Å². The number of benzene rings is 1. The van der Waals surface area contributed by atoms with Crippen LogP contribution in [0.4, 0.5) is 0 Å². The first-order valence-corrected chi connectivity index (χ1v) is 6.68. The van der Waals surface area contributed by atoms with Gasteiger partial charge in [0.25, 0.3) is 5.88 Å². The summed E-state index contributed by atoms with van der Waals surface area (Å²) < 4.78 is 6.15. The number of hydrogen-bond acceptors (Lipinski definition) is 5. The van der Waals surface area contributed by atoms with Crippen LogP contribution >= 0.6 is 15.9 Å². The van der Waals surface area contributed by atoms with Crippen LogP contribution in [0.1, 0.15) is 27.2 Å². The second-order valence-electron chi connectivity index (χ2n) is 4.25. The lowest BCUT2D eigenvalue weighted by molar-refractivity contribution is 0.0694. The third kappa shape index (κ3) is 3.01. The number of aromatic nitrogens is 2. The van der Waals surface area contributed by atoms with Crippen molar-refractivity contribution in [2.24, 2.45) is 0 Å². The number of ether oxygens (including phenoxy) is 1. The Bertz CT molecular complexity index is 769. The zero-order chi connectivity index (χ0) is 15.6. The third-order valence-electron chi connectivity index (χ3n) is 2.91. The maximum atomic E-state index is 11.2. The fourth-order valence-electron chi connectivity index (χ4n) is 1.65. The van der Waals surface area contributed by atoms with Crippen molar-refractivity contribution in [2.75, 3.05) is 0 Å². The number of aromatic carboxylic acids is 1. The molecule has 0 radical (unpaired) electrons. The van der Waals surface area contributed by atoms with Crippen LogP contribution in [0.15, 0.2) is 22.7 Å². The van der Waals surface area contributed by atoms with Gasteiger partial charge in [0.05, 0.1) is 5.69 Å². The molecule has 0 amide bonds. The van der Waals surface area contributed by atoms with Crippen LogP contribution in [0.3, 0.4) is 0 Å². The predicted molar refractivity (Wildman–Crippen MR) is 77.4 cm³/mol. The van der Waals surface area contributed by atoms with Gasteiger partial charge in [0.1, 0.15) is 22.9 Å². The van der Waals surface area contributed by atoms with E-state index in [9.17, 15) is 10.1 Å². The number of nitriles is 1. The van der Waals surface area contributed by atoms with Gasteiger partial charge in [0.2, 0.25) is 0 Å². The molecule has 0 aliphatic carbocycles. The zero-order valence-electron chi connectivity index (χ0n) is 11.2. The van der Waals surface area contributed by atoms with Crippen LogP contribution in [0.5, 0.6) is 11.6 Å². The van der Waals surface area contributed by atoms with Gasteiger partial charge in [-0.15, -0.1) is 5.10 Å². The lowest BCUT2D eigenvalue weighted by atomic mass is 10.1. The first-order chi connectivity index (χ1) is 9.93. The monoisotopic (exact) mass is 347 g/mol. The Morgan fingerprint density at radius 1 is 1.38 bits per heavy atom. The van der Waals surface area contributed by atoms with Gasteiger partial charge < -0.3 is 9.84 Å². The van der Waals surface area contributed by atoms with Crippen molar-refractivity contribution < 1.29 is 14.6 Å². The summed E-state index contributed by atoms with van der Waals surface area (Å²) in [5.74, 6) is -1.06. The molecule has 0 aliphatic heterocycles. The number of aryl methyl sites for hydroxylation is 1. The number of carboxylic acids is 1. The molecule has 6 nitrogen and oxygen atoms in total. The fourth-order valence-corrected chi connectivity index (χ4v) is 1.99. The fraction of sp³-hybridized carbons (Fsp3) is 0.143. The molecule has 1 N–H and O–H groups in total. The number of rotatable bonds is 3. The maximum Gasteiger partial charge on any atom is 0.339 e. The summed E-state index contributed by atoms with van der Waals surface area (Å²) in [5.41, 5.74) is 1.47. The molecule has 0 unspecified atom stereocenters. The minimum absolute atomic E-state index is 0.0128. The highest BCUT2D eigenvalue weighted by atomic mass is 79.9. The normalized spacial score (nSPS) is 10.0.